The minimum atomic E-state index is -1.34. The molecule has 0 spiro atoms. The van der Waals surface area contributed by atoms with E-state index in [1.165, 1.54) is 0 Å². The molecule has 5 nitrogen and oxygen atoms in total. The van der Waals surface area contributed by atoms with Crippen molar-refractivity contribution in [2.75, 3.05) is 0 Å². The molecule has 0 fully saturated rings. The molecule has 0 saturated carbocycles. The lowest BCUT2D eigenvalue weighted by Crippen LogP contribution is -2.00. The third-order valence-electron chi connectivity index (χ3n) is 9.13. The molecule has 0 aliphatic carbocycles. The van der Waals surface area contributed by atoms with Crippen molar-refractivity contribution in [2.24, 2.45) is 0 Å². The van der Waals surface area contributed by atoms with Crippen molar-refractivity contribution in [1.82, 2.24) is 18.9 Å². The number of aromatic nitrogens is 4. The van der Waals surface area contributed by atoms with Gasteiger partial charge < -0.3 is 4.42 Å². The van der Waals surface area contributed by atoms with E-state index in [-0.39, 0.29) is 0 Å². The van der Waals surface area contributed by atoms with Gasteiger partial charge in [-0.1, -0.05) is 66.7 Å². The number of pyridine rings is 2. The molecule has 0 amide bonds. The lowest BCUT2D eigenvalue weighted by atomic mass is 9.98. The van der Waals surface area contributed by atoms with Gasteiger partial charge in [0, 0.05) is 56.6 Å². The Morgan fingerprint density at radius 1 is 0.578 bits per heavy atom. The maximum absolute atomic E-state index is 16.6. The van der Waals surface area contributed by atoms with E-state index in [1.807, 2.05) is 85.1 Å². The summed E-state index contributed by atoms with van der Waals surface area (Å²) in [5.41, 5.74) is 7.21. The molecular weight excluding hydrogens is 559 g/mol. The van der Waals surface area contributed by atoms with Gasteiger partial charge in [-0.2, -0.15) is 0 Å². The van der Waals surface area contributed by atoms with Crippen LogP contribution in [0.25, 0.3) is 76.9 Å². The number of hydrogen-bond acceptors (Lipinski definition) is 3. The van der Waals surface area contributed by atoms with Crippen LogP contribution in [0.5, 0.6) is 0 Å². The maximum atomic E-state index is 16.6. The smallest absolute Gasteiger partial charge is 0.160 e. The van der Waals surface area contributed by atoms with E-state index in [9.17, 15) is 0 Å². The van der Waals surface area contributed by atoms with E-state index in [0.29, 0.717) is 11.1 Å². The van der Waals surface area contributed by atoms with E-state index in [4.69, 9.17) is 9.40 Å². The van der Waals surface area contributed by atoms with Crippen LogP contribution in [-0.2, 0) is 0 Å². The fraction of sp³-hybridized carbons (Fsp3) is 0.0256. The number of rotatable bonds is 3. The predicted octanol–water partition coefficient (Wildman–Crippen LogP) is 10.1. The molecule has 0 aliphatic rings. The Labute approximate surface area is 255 Å². The summed E-state index contributed by atoms with van der Waals surface area (Å²) in [4.78, 5) is 9.43. The lowest BCUT2D eigenvalue weighted by Gasteiger charge is -2.14. The number of furan rings is 1. The molecule has 0 aliphatic heterocycles. The number of para-hydroxylation sites is 2. The molecule has 5 aromatic heterocycles. The van der Waals surface area contributed by atoms with Crippen LogP contribution < -0.4 is 0 Å². The van der Waals surface area contributed by atoms with Crippen molar-refractivity contribution in [3.8, 4) is 5.69 Å². The molecule has 10 rings (SSSR count). The summed E-state index contributed by atoms with van der Waals surface area (Å²) < 4.78 is 27.3. The summed E-state index contributed by atoms with van der Waals surface area (Å²) in [5.74, 6) is 0. The Morgan fingerprint density at radius 3 is 2.31 bits per heavy atom. The molecule has 0 N–H and O–H groups in total. The predicted molar refractivity (Wildman–Crippen MR) is 179 cm³/mol. The fourth-order valence-corrected chi connectivity index (χ4v) is 7.12. The molecule has 1 atom stereocenters. The third kappa shape index (κ3) is 3.36. The SMILES string of the molecule is FC(c1cccc(-n2c3ncccc3c3ccc4c5ccccc5oc4c32)c1)c1ccc2c3ccccc3n3ccnc3c2c1. The number of benzene rings is 5. The first-order chi connectivity index (χ1) is 22.2. The highest BCUT2D eigenvalue weighted by molar-refractivity contribution is 6.21. The largest absolute Gasteiger partial charge is 0.454 e. The number of alkyl halides is 1. The summed E-state index contributed by atoms with van der Waals surface area (Å²) in [7, 11) is 0. The summed E-state index contributed by atoms with van der Waals surface area (Å²) in [6.45, 7) is 0. The number of halogens is 1. The van der Waals surface area contributed by atoms with Gasteiger partial charge in [0.1, 0.15) is 16.9 Å². The van der Waals surface area contributed by atoms with Gasteiger partial charge in [0.15, 0.2) is 11.8 Å². The first kappa shape index (κ1) is 24.4. The normalized spacial score (nSPS) is 12.9. The second kappa shape index (κ2) is 9.00. The summed E-state index contributed by atoms with van der Waals surface area (Å²) >= 11 is 0. The molecule has 0 saturated heterocycles. The lowest BCUT2D eigenvalue weighted by molar-refractivity contribution is 0.402. The molecular formula is C39H23FN4O. The Hall–Kier alpha value is -6.01. The van der Waals surface area contributed by atoms with Crippen molar-refractivity contribution >= 4 is 71.2 Å². The number of nitrogens with zero attached hydrogens (tertiary/aromatic N) is 4. The average molecular weight is 583 g/mol. The zero-order valence-electron chi connectivity index (χ0n) is 23.9. The monoisotopic (exact) mass is 582 g/mol. The Balaban J connectivity index is 1.18. The van der Waals surface area contributed by atoms with Crippen molar-refractivity contribution in [3.05, 3.63) is 145 Å². The van der Waals surface area contributed by atoms with E-state index in [0.717, 1.165) is 76.9 Å². The molecule has 0 bridgehead atoms. The van der Waals surface area contributed by atoms with Gasteiger partial charge in [0.05, 0.1) is 11.0 Å². The van der Waals surface area contributed by atoms with Crippen molar-refractivity contribution in [2.45, 2.75) is 6.17 Å². The van der Waals surface area contributed by atoms with Crippen molar-refractivity contribution in [1.29, 1.82) is 0 Å². The molecule has 5 aromatic carbocycles. The Morgan fingerprint density at radius 2 is 1.36 bits per heavy atom. The van der Waals surface area contributed by atoms with E-state index < -0.39 is 6.17 Å². The van der Waals surface area contributed by atoms with Crippen LogP contribution >= 0.6 is 0 Å². The summed E-state index contributed by atoms with van der Waals surface area (Å²) in [6, 6.07) is 38.2. The first-order valence-electron chi connectivity index (χ1n) is 15.0. The van der Waals surface area contributed by atoms with Gasteiger partial charge in [0.2, 0.25) is 0 Å². The van der Waals surface area contributed by atoms with Crippen LogP contribution in [0.4, 0.5) is 4.39 Å². The quantitative estimate of drug-likeness (QED) is 0.195. The molecule has 45 heavy (non-hydrogen) atoms. The standard InChI is InChI=1S/C39H23FN4O/c40-35(24-14-15-26-27-9-1-3-12-33(27)43-20-19-42-38(43)32(26)22-24)23-7-5-8-25(21-23)44-36-29(31-11-6-18-41-39(31)44)16-17-30-28-10-2-4-13-34(28)45-37(30)36/h1-22,35H. The highest BCUT2D eigenvalue weighted by Crippen LogP contribution is 2.40. The molecule has 0 radical (unpaired) electrons. The van der Waals surface area contributed by atoms with Crippen LogP contribution in [0.2, 0.25) is 0 Å². The van der Waals surface area contributed by atoms with Crippen LogP contribution in [0.1, 0.15) is 17.3 Å². The molecule has 10 aromatic rings. The van der Waals surface area contributed by atoms with Crippen LogP contribution in [0.15, 0.2) is 138 Å². The van der Waals surface area contributed by atoms with Gasteiger partial charge >= 0.3 is 0 Å². The number of imidazole rings is 1. The topological polar surface area (TPSA) is 48.3 Å². The first-order valence-corrected chi connectivity index (χ1v) is 15.0. The van der Waals surface area contributed by atoms with Gasteiger partial charge in [-0.25, -0.2) is 14.4 Å². The van der Waals surface area contributed by atoms with E-state index in [2.05, 4.69) is 50.3 Å². The molecule has 1 unspecified atom stereocenters. The van der Waals surface area contributed by atoms with Crippen LogP contribution in [-0.4, -0.2) is 18.9 Å². The average Bonchev–Trinajstić information content (AvgIpc) is 3.82. The minimum absolute atomic E-state index is 0.565. The second-order valence-electron chi connectivity index (χ2n) is 11.5. The molecule has 5 heterocycles. The zero-order valence-corrected chi connectivity index (χ0v) is 23.9. The molecule has 6 heteroatoms. The third-order valence-corrected chi connectivity index (χ3v) is 9.13. The molecule has 212 valence electrons. The van der Waals surface area contributed by atoms with Gasteiger partial charge in [-0.05, 0) is 65.0 Å². The summed E-state index contributed by atoms with van der Waals surface area (Å²) in [6.07, 6.45) is 4.20. The highest BCUT2D eigenvalue weighted by Gasteiger charge is 2.21. The number of fused-ring (bicyclic) bond motifs is 13. The van der Waals surface area contributed by atoms with Crippen LogP contribution in [0, 0.1) is 0 Å². The van der Waals surface area contributed by atoms with Gasteiger partial charge in [0.25, 0.3) is 0 Å². The van der Waals surface area contributed by atoms with Crippen LogP contribution in [0.3, 0.4) is 0 Å². The Bertz CT molecular complexity index is 2810. The highest BCUT2D eigenvalue weighted by atomic mass is 19.1. The fourth-order valence-electron chi connectivity index (χ4n) is 7.12. The minimum Gasteiger partial charge on any atom is -0.454 e. The van der Waals surface area contributed by atoms with Crippen molar-refractivity contribution < 1.29 is 8.81 Å². The Kier molecular flexibility index (Phi) is 4.89. The van der Waals surface area contributed by atoms with Gasteiger partial charge in [-0.3, -0.25) is 8.97 Å². The van der Waals surface area contributed by atoms with Gasteiger partial charge in [-0.15, -0.1) is 0 Å². The van der Waals surface area contributed by atoms with E-state index in [1.54, 1.807) is 12.4 Å². The second-order valence-corrected chi connectivity index (χ2v) is 11.5. The van der Waals surface area contributed by atoms with E-state index >= 15 is 4.39 Å². The zero-order chi connectivity index (χ0) is 29.6. The summed E-state index contributed by atoms with van der Waals surface area (Å²) in [5, 5.41) is 7.25. The number of hydrogen-bond donors (Lipinski definition) is 0. The van der Waals surface area contributed by atoms with Crippen molar-refractivity contribution in [3.63, 3.8) is 0 Å². The maximum Gasteiger partial charge on any atom is 0.160 e.